The van der Waals surface area contributed by atoms with Crippen LogP contribution in [0, 0.1) is 0 Å². The molecule has 0 saturated heterocycles. The summed E-state index contributed by atoms with van der Waals surface area (Å²) in [5.74, 6) is 0.246. The number of phenols is 2. The van der Waals surface area contributed by atoms with Gasteiger partial charge in [0.05, 0.1) is 17.6 Å². The van der Waals surface area contributed by atoms with Crippen molar-refractivity contribution in [2.75, 3.05) is 0 Å². The zero-order valence-electron chi connectivity index (χ0n) is 13.4. The molecule has 0 bridgehead atoms. The van der Waals surface area contributed by atoms with E-state index in [-0.39, 0.29) is 11.5 Å². The van der Waals surface area contributed by atoms with Crippen molar-refractivity contribution in [3.8, 4) is 11.5 Å². The molecule has 1 heterocycles. The number of benzene rings is 2. The molecule has 5 nitrogen and oxygen atoms in total. The van der Waals surface area contributed by atoms with Gasteiger partial charge in [0.15, 0.2) is 11.5 Å². The number of para-hydroxylation sites is 1. The Morgan fingerprint density at radius 3 is 2.56 bits per heavy atom. The van der Waals surface area contributed by atoms with E-state index in [0.29, 0.717) is 11.5 Å². The summed E-state index contributed by atoms with van der Waals surface area (Å²) in [7, 11) is 0. The lowest BCUT2D eigenvalue weighted by Crippen LogP contribution is -2.12. The average Bonchev–Trinajstić information content (AvgIpc) is 3.39. The normalized spacial score (nSPS) is 15.1. The lowest BCUT2D eigenvalue weighted by atomic mass is 10.2. The van der Waals surface area contributed by atoms with E-state index in [1.165, 1.54) is 30.7 Å². The topological polar surface area (TPSA) is 70.1 Å². The van der Waals surface area contributed by atoms with Gasteiger partial charge in [-0.15, -0.1) is 11.3 Å². The first kappa shape index (κ1) is 15.7. The summed E-state index contributed by atoms with van der Waals surface area (Å²) < 4.78 is 1.87. The Labute approximate surface area is 148 Å². The van der Waals surface area contributed by atoms with Gasteiger partial charge in [0.25, 0.3) is 0 Å². The number of hydrogen-bond acceptors (Lipinski definition) is 5. The molecule has 1 aromatic heterocycles. The minimum atomic E-state index is -0.157. The molecule has 0 unspecified atom stereocenters. The molecular formula is C19H17N3O2S. The highest BCUT2D eigenvalue weighted by Gasteiger charge is 2.27. The van der Waals surface area contributed by atoms with Gasteiger partial charge in [-0.3, -0.25) is 0 Å². The Balaban J connectivity index is 1.74. The molecule has 1 saturated carbocycles. The Morgan fingerprint density at radius 2 is 1.84 bits per heavy atom. The van der Waals surface area contributed by atoms with Crippen LogP contribution in [-0.2, 0) is 0 Å². The summed E-state index contributed by atoms with van der Waals surface area (Å²) in [4.78, 5) is 5.51. The summed E-state index contributed by atoms with van der Waals surface area (Å²) >= 11 is 1.57. The van der Waals surface area contributed by atoms with Crippen molar-refractivity contribution >= 4 is 23.2 Å². The van der Waals surface area contributed by atoms with Crippen LogP contribution in [-0.4, -0.2) is 21.1 Å². The molecule has 2 N–H and O–H groups in total. The molecule has 0 radical (unpaired) electrons. The first-order chi connectivity index (χ1) is 12.2. The number of hydrogen-bond donors (Lipinski definition) is 2. The van der Waals surface area contributed by atoms with Crippen LogP contribution in [0.25, 0.3) is 0 Å². The minimum absolute atomic E-state index is 0.140. The van der Waals surface area contributed by atoms with Crippen molar-refractivity contribution < 1.29 is 10.2 Å². The van der Waals surface area contributed by atoms with E-state index in [4.69, 9.17) is 4.99 Å². The monoisotopic (exact) mass is 351 g/mol. The first-order valence-corrected chi connectivity index (χ1v) is 8.95. The third-order valence-corrected chi connectivity index (χ3v) is 4.84. The number of phenolic OH excluding ortho intramolecular Hbond substituents is 2. The van der Waals surface area contributed by atoms with Crippen molar-refractivity contribution in [2.45, 2.75) is 18.8 Å². The molecule has 25 heavy (non-hydrogen) atoms. The standard InChI is InChI=1S/C19H17N3O2S/c23-17-9-6-13(10-18(17)24)11-20-22-16(14-7-8-14)12-25-19(22)21-15-4-2-1-3-5-15/h1-6,9-12,14,23-24H,7-8H2/b20-11+,21-19?. The van der Waals surface area contributed by atoms with Crippen molar-refractivity contribution in [1.82, 2.24) is 4.68 Å². The fraction of sp³-hybridized carbons (Fsp3) is 0.158. The Hall–Kier alpha value is -2.86. The fourth-order valence-corrected chi connectivity index (χ4v) is 3.45. The SMILES string of the molecule is Oc1ccc(/C=N/n2c(C3CC3)csc2=Nc2ccccc2)cc1O. The second-order valence-corrected chi connectivity index (χ2v) is 6.81. The zero-order chi connectivity index (χ0) is 17.2. The quantitative estimate of drug-likeness (QED) is 0.552. The van der Waals surface area contributed by atoms with Gasteiger partial charge in [0.1, 0.15) is 0 Å². The molecule has 3 aromatic rings. The third kappa shape index (κ3) is 3.49. The van der Waals surface area contributed by atoms with Gasteiger partial charge in [-0.2, -0.15) is 5.10 Å². The van der Waals surface area contributed by atoms with Gasteiger partial charge in [-0.25, -0.2) is 9.67 Å². The number of rotatable bonds is 4. The van der Waals surface area contributed by atoms with Crippen LogP contribution < -0.4 is 4.80 Å². The molecule has 2 aromatic carbocycles. The van der Waals surface area contributed by atoms with E-state index in [2.05, 4.69) is 10.5 Å². The number of nitrogens with zero attached hydrogens (tertiary/aromatic N) is 3. The first-order valence-electron chi connectivity index (χ1n) is 8.07. The van der Waals surface area contributed by atoms with Crippen LogP contribution in [0.1, 0.15) is 30.0 Å². The summed E-state index contributed by atoms with van der Waals surface area (Å²) in [5, 5.41) is 25.7. The smallest absolute Gasteiger partial charge is 0.211 e. The van der Waals surface area contributed by atoms with E-state index in [9.17, 15) is 10.2 Å². The molecule has 6 heteroatoms. The highest BCUT2D eigenvalue weighted by molar-refractivity contribution is 7.07. The van der Waals surface area contributed by atoms with Crippen LogP contribution in [0.15, 0.2) is 64.0 Å². The minimum Gasteiger partial charge on any atom is -0.504 e. The Kier molecular flexibility index (Phi) is 4.11. The van der Waals surface area contributed by atoms with Gasteiger partial charge in [0.2, 0.25) is 4.80 Å². The van der Waals surface area contributed by atoms with Crippen LogP contribution in [0.5, 0.6) is 11.5 Å². The number of aromatic nitrogens is 1. The zero-order valence-corrected chi connectivity index (χ0v) is 14.2. The number of aromatic hydroxyl groups is 2. The second kappa shape index (κ2) is 6.57. The van der Waals surface area contributed by atoms with Crippen LogP contribution in [0.2, 0.25) is 0 Å². The van der Waals surface area contributed by atoms with Crippen molar-refractivity contribution in [3.05, 3.63) is 70.0 Å². The Bertz CT molecular complexity index is 985. The molecular weight excluding hydrogens is 334 g/mol. The van der Waals surface area contributed by atoms with Gasteiger partial charge in [-0.1, -0.05) is 18.2 Å². The van der Waals surface area contributed by atoms with E-state index in [0.717, 1.165) is 10.5 Å². The maximum Gasteiger partial charge on any atom is 0.211 e. The summed E-state index contributed by atoms with van der Waals surface area (Å²) in [6.07, 6.45) is 4.02. The number of thiazole rings is 1. The van der Waals surface area contributed by atoms with Gasteiger partial charge in [0, 0.05) is 11.3 Å². The molecule has 1 aliphatic rings. The molecule has 1 aliphatic carbocycles. The fourth-order valence-electron chi connectivity index (χ4n) is 2.52. The van der Waals surface area contributed by atoms with E-state index in [1.54, 1.807) is 23.6 Å². The predicted molar refractivity (Wildman–Crippen MR) is 98.7 cm³/mol. The van der Waals surface area contributed by atoms with E-state index < -0.39 is 0 Å². The molecule has 0 amide bonds. The second-order valence-electron chi connectivity index (χ2n) is 5.97. The van der Waals surface area contributed by atoms with Crippen LogP contribution >= 0.6 is 11.3 Å². The molecule has 0 aliphatic heterocycles. The molecule has 0 atom stereocenters. The predicted octanol–water partition coefficient (Wildman–Crippen LogP) is 3.95. The maximum atomic E-state index is 9.62. The summed E-state index contributed by atoms with van der Waals surface area (Å²) in [6, 6.07) is 14.4. The lowest BCUT2D eigenvalue weighted by Gasteiger charge is -2.02. The van der Waals surface area contributed by atoms with Crippen molar-refractivity contribution in [1.29, 1.82) is 0 Å². The van der Waals surface area contributed by atoms with E-state index >= 15 is 0 Å². The van der Waals surface area contributed by atoms with Gasteiger partial charge >= 0.3 is 0 Å². The van der Waals surface area contributed by atoms with Crippen molar-refractivity contribution in [2.24, 2.45) is 10.1 Å². The highest BCUT2D eigenvalue weighted by atomic mass is 32.1. The maximum absolute atomic E-state index is 9.62. The van der Waals surface area contributed by atoms with Crippen molar-refractivity contribution in [3.63, 3.8) is 0 Å². The molecule has 0 spiro atoms. The third-order valence-electron chi connectivity index (χ3n) is 4.01. The average molecular weight is 351 g/mol. The summed E-state index contributed by atoms with van der Waals surface area (Å²) in [6.45, 7) is 0. The largest absolute Gasteiger partial charge is 0.504 e. The van der Waals surface area contributed by atoms with Gasteiger partial charge in [-0.05, 0) is 48.7 Å². The summed E-state index contributed by atoms with van der Waals surface area (Å²) in [5.41, 5.74) is 2.76. The Morgan fingerprint density at radius 1 is 1.04 bits per heavy atom. The van der Waals surface area contributed by atoms with Gasteiger partial charge < -0.3 is 10.2 Å². The van der Waals surface area contributed by atoms with Crippen LogP contribution in [0.4, 0.5) is 5.69 Å². The molecule has 1 fully saturated rings. The lowest BCUT2D eigenvalue weighted by molar-refractivity contribution is 0.403. The molecule has 126 valence electrons. The highest BCUT2D eigenvalue weighted by Crippen LogP contribution is 2.40. The molecule has 4 rings (SSSR count). The van der Waals surface area contributed by atoms with E-state index in [1.807, 2.05) is 35.0 Å². The van der Waals surface area contributed by atoms with Crippen LogP contribution in [0.3, 0.4) is 0 Å².